The number of anilines is 1. The summed E-state index contributed by atoms with van der Waals surface area (Å²) in [7, 11) is 0. The fraction of sp³-hybridized carbons (Fsp3) is 0.185. The predicted molar refractivity (Wildman–Crippen MR) is 128 cm³/mol. The maximum absolute atomic E-state index is 13.6. The molecule has 5 nitrogen and oxygen atoms in total. The van der Waals surface area contributed by atoms with Gasteiger partial charge in [-0.1, -0.05) is 42.8 Å². The number of nitrogens with one attached hydrogen (secondary N) is 1. The Morgan fingerprint density at radius 2 is 1.75 bits per heavy atom. The van der Waals surface area contributed by atoms with Crippen molar-refractivity contribution in [1.29, 1.82) is 0 Å². The van der Waals surface area contributed by atoms with Gasteiger partial charge in [0.05, 0.1) is 6.26 Å². The van der Waals surface area contributed by atoms with E-state index >= 15 is 0 Å². The summed E-state index contributed by atoms with van der Waals surface area (Å²) in [5.41, 5.74) is 5.53. The molecule has 0 aliphatic rings. The van der Waals surface area contributed by atoms with Crippen LogP contribution in [0.1, 0.15) is 39.7 Å². The number of rotatable bonds is 5. The molecule has 0 atom stereocenters. The third kappa shape index (κ3) is 3.89. The van der Waals surface area contributed by atoms with Crippen molar-refractivity contribution in [3.8, 4) is 17.1 Å². The third-order valence-electron chi connectivity index (χ3n) is 5.65. The zero-order valence-electron chi connectivity index (χ0n) is 18.7. The van der Waals surface area contributed by atoms with E-state index in [1.165, 1.54) is 6.07 Å². The average molecular weight is 427 g/mol. The molecule has 0 saturated heterocycles. The number of furan rings is 1. The molecule has 0 saturated carbocycles. The lowest BCUT2D eigenvalue weighted by Crippen LogP contribution is -2.26. The molecule has 0 bridgehead atoms. The molecule has 2 aromatic carbocycles. The molecule has 4 aromatic rings. The first-order chi connectivity index (χ1) is 15.4. The van der Waals surface area contributed by atoms with E-state index in [1.807, 2.05) is 74.7 Å². The van der Waals surface area contributed by atoms with Gasteiger partial charge in [-0.25, -0.2) is 0 Å². The molecule has 0 aliphatic carbocycles. The summed E-state index contributed by atoms with van der Waals surface area (Å²) in [6.07, 6.45) is 2.31. The van der Waals surface area contributed by atoms with Crippen LogP contribution in [0.15, 0.2) is 76.1 Å². The van der Waals surface area contributed by atoms with Crippen molar-refractivity contribution in [2.24, 2.45) is 0 Å². The lowest BCUT2D eigenvalue weighted by molar-refractivity contribution is 0.102. The number of aryl methyl sites for hydroxylation is 4. The first kappa shape index (κ1) is 21.4. The largest absolute Gasteiger partial charge is 0.463 e. The van der Waals surface area contributed by atoms with Gasteiger partial charge < -0.3 is 14.3 Å². The Bertz CT molecular complexity index is 1330. The van der Waals surface area contributed by atoms with Gasteiger partial charge in [0.15, 0.2) is 11.2 Å². The number of aromatic nitrogens is 1. The molecule has 0 fully saturated rings. The molecular formula is C27H26N2O3. The zero-order valence-corrected chi connectivity index (χ0v) is 18.7. The summed E-state index contributed by atoms with van der Waals surface area (Å²) in [5.74, 6) is 0.00304. The Morgan fingerprint density at radius 1 is 1.00 bits per heavy atom. The van der Waals surface area contributed by atoms with Gasteiger partial charge in [-0.2, -0.15) is 0 Å². The SMILES string of the molecule is CCc1cccc(C)c1NC(=O)c1c(-c2ccco2)n(-c2ccc(C)cc2)c(C)cc1=O. The van der Waals surface area contributed by atoms with Crippen LogP contribution in [0.4, 0.5) is 5.69 Å². The number of carbonyl (C=O) groups is 1. The topological polar surface area (TPSA) is 64.2 Å². The Labute approximate surface area is 187 Å². The quantitative estimate of drug-likeness (QED) is 0.436. The van der Waals surface area contributed by atoms with E-state index in [0.29, 0.717) is 17.1 Å². The second kappa shape index (κ2) is 8.71. The third-order valence-corrected chi connectivity index (χ3v) is 5.65. The van der Waals surface area contributed by atoms with Gasteiger partial charge >= 0.3 is 0 Å². The summed E-state index contributed by atoms with van der Waals surface area (Å²) in [5, 5.41) is 3.00. The van der Waals surface area contributed by atoms with Crippen LogP contribution >= 0.6 is 0 Å². The summed E-state index contributed by atoms with van der Waals surface area (Å²) >= 11 is 0. The molecule has 162 valence electrons. The number of amides is 1. The van der Waals surface area contributed by atoms with Crippen LogP contribution in [-0.2, 0) is 6.42 Å². The number of nitrogens with zero attached hydrogens (tertiary/aromatic N) is 1. The molecule has 0 aliphatic heterocycles. The predicted octanol–water partition coefficient (Wildman–Crippen LogP) is 5.84. The van der Waals surface area contributed by atoms with Gasteiger partial charge in [0.25, 0.3) is 5.91 Å². The van der Waals surface area contributed by atoms with E-state index < -0.39 is 5.91 Å². The molecular weight excluding hydrogens is 400 g/mol. The Kier molecular flexibility index (Phi) is 5.82. The van der Waals surface area contributed by atoms with Crippen LogP contribution in [0.25, 0.3) is 17.1 Å². The summed E-state index contributed by atoms with van der Waals surface area (Å²) in [6, 6.07) is 18.8. The normalized spacial score (nSPS) is 10.9. The van der Waals surface area contributed by atoms with Crippen LogP contribution in [-0.4, -0.2) is 10.5 Å². The van der Waals surface area contributed by atoms with Crippen LogP contribution in [0.3, 0.4) is 0 Å². The molecule has 0 unspecified atom stereocenters. The molecule has 32 heavy (non-hydrogen) atoms. The highest BCUT2D eigenvalue weighted by atomic mass is 16.3. The maximum atomic E-state index is 13.6. The average Bonchev–Trinajstić information content (AvgIpc) is 3.30. The number of benzene rings is 2. The molecule has 0 spiro atoms. The molecule has 1 amide bonds. The molecule has 4 rings (SSSR count). The molecule has 5 heteroatoms. The second-order valence-electron chi connectivity index (χ2n) is 7.94. The highest BCUT2D eigenvalue weighted by molar-refractivity contribution is 6.08. The molecule has 1 N–H and O–H groups in total. The lowest BCUT2D eigenvalue weighted by atomic mass is 10.0. The van der Waals surface area contributed by atoms with E-state index in [9.17, 15) is 9.59 Å². The van der Waals surface area contributed by atoms with Crippen molar-refractivity contribution in [2.75, 3.05) is 5.32 Å². The Morgan fingerprint density at radius 3 is 2.41 bits per heavy atom. The standard InChI is InChI=1S/C27H26N2O3/c1-5-20-9-6-8-18(3)25(20)28-27(31)24-22(30)16-19(4)29(21-13-11-17(2)12-14-21)26(24)23-10-7-15-32-23/h6-16H,5H2,1-4H3,(H,28,31). The summed E-state index contributed by atoms with van der Waals surface area (Å²) in [4.78, 5) is 26.7. The van der Waals surface area contributed by atoms with Crippen molar-refractivity contribution in [2.45, 2.75) is 34.1 Å². The summed E-state index contributed by atoms with van der Waals surface area (Å²) < 4.78 is 7.58. The van der Waals surface area contributed by atoms with Gasteiger partial charge in [-0.3, -0.25) is 9.59 Å². The van der Waals surface area contributed by atoms with Gasteiger partial charge in [0.2, 0.25) is 0 Å². The monoisotopic (exact) mass is 426 g/mol. The van der Waals surface area contributed by atoms with Crippen molar-refractivity contribution in [1.82, 2.24) is 4.57 Å². The first-order valence-corrected chi connectivity index (χ1v) is 10.7. The maximum Gasteiger partial charge on any atom is 0.261 e. The molecule has 0 radical (unpaired) electrons. The smallest absolute Gasteiger partial charge is 0.261 e. The minimum atomic E-state index is -0.453. The van der Waals surface area contributed by atoms with Crippen molar-refractivity contribution < 1.29 is 9.21 Å². The van der Waals surface area contributed by atoms with Crippen molar-refractivity contribution >= 4 is 11.6 Å². The second-order valence-corrected chi connectivity index (χ2v) is 7.94. The molecule has 2 heterocycles. The fourth-order valence-electron chi connectivity index (χ4n) is 4.00. The lowest BCUT2D eigenvalue weighted by Gasteiger charge is -2.20. The highest BCUT2D eigenvalue weighted by Crippen LogP contribution is 2.29. The van der Waals surface area contributed by atoms with Gasteiger partial charge in [-0.15, -0.1) is 0 Å². The van der Waals surface area contributed by atoms with E-state index in [1.54, 1.807) is 18.4 Å². The first-order valence-electron chi connectivity index (χ1n) is 10.7. The Hall–Kier alpha value is -3.86. The van der Waals surface area contributed by atoms with Crippen molar-refractivity contribution in [3.63, 3.8) is 0 Å². The van der Waals surface area contributed by atoms with Gasteiger partial charge in [0, 0.05) is 23.1 Å². The number of carbonyl (C=O) groups excluding carboxylic acids is 1. The van der Waals surface area contributed by atoms with E-state index in [4.69, 9.17) is 4.42 Å². The fourth-order valence-corrected chi connectivity index (χ4v) is 4.00. The summed E-state index contributed by atoms with van der Waals surface area (Å²) in [6.45, 7) is 7.85. The van der Waals surface area contributed by atoms with E-state index in [2.05, 4.69) is 5.32 Å². The zero-order chi connectivity index (χ0) is 22.8. The highest BCUT2D eigenvalue weighted by Gasteiger charge is 2.25. The Balaban J connectivity index is 1.95. The number of pyridine rings is 1. The minimum Gasteiger partial charge on any atom is -0.463 e. The van der Waals surface area contributed by atoms with Crippen molar-refractivity contribution in [3.05, 3.63) is 105 Å². The number of para-hydroxylation sites is 1. The van der Waals surface area contributed by atoms with Crippen LogP contribution < -0.4 is 10.7 Å². The van der Waals surface area contributed by atoms with Crippen LogP contribution in [0.5, 0.6) is 0 Å². The number of hydrogen-bond donors (Lipinski definition) is 1. The van der Waals surface area contributed by atoms with Gasteiger partial charge in [-0.05, 0) is 62.6 Å². The van der Waals surface area contributed by atoms with E-state index in [0.717, 1.165) is 34.5 Å². The van der Waals surface area contributed by atoms with Crippen LogP contribution in [0, 0.1) is 20.8 Å². The van der Waals surface area contributed by atoms with E-state index in [-0.39, 0.29) is 11.0 Å². The number of hydrogen-bond acceptors (Lipinski definition) is 3. The van der Waals surface area contributed by atoms with Crippen LogP contribution in [0.2, 0.25) is 0 Å². The minimum absolute atomic E-state index is 0.0523. The molecule has 2 aromatic heterocycles. The van der Waals surface area contributed by atoms with Gasteiger partial charge in [0.1, 0.15) is 11.3 Å².